The van der Waals surface area contributed by atoms with Gasteiger partial charge in [0.15, 0.2) is 10.9 Å². The zero-order valence-electron chi connectivity index (χ0n) is 14.1. The van der Waals surface area contributed by atoms with Crippen LogP contribution in [0.2, 0.25) is 0 Å². The number of benzene rings is 2. The normalized spacial score (nSPS) is 11.0. The van der Waals surface area contributed by atoms with Crippen molar-refractivity contribution in [2.45, 2.75) is 0 Å². The van der Waals surface area contributed by atoms with Crippen molar-refractivity contribution >= 4 is 21.9 Å². The van der Waals surface area contributed by atoms with E-state index in [1.807, 2.05) is 0 Å². The van der Waals surface area contributed by atoms with E-state index in [1.54, 1.807) is 24.3 Å². The standard InChI is InChI=1S/C20H14O6/c1-23-16-10-17-19(14(22)6-8-26-17)20(24-2)18(16)11-3-4-15-12(9-11)13(21)5-7-25-15/h3-10H,1-2H3. The molecule has 0 spiro atoms. The van der Waals surface area contributed by atoms with E-state index in [9.17, 15) is 9.59 Å². The van der Waals surface area contributed by atoms with Gasteiger partial charge in [0.25, 0.3) is 0 Å². The summed E-state index contributed by atoms with van der Waals surface area (Å²) < 4.78 is 21.8. The summed E-state index contributed by atoms with van der Waals surface area (Å²) in [6.45, 7) is 0. The Morgan fingerprint density at radius 2 is 1.54 bits per heavy atom. The fraction of sp³-hybridized carbons (Fsp3) is 0.100. The minimum Gasteiger partial charge on any atom is -0.496 e. The average Bonchev–Trinajstić information content (AvgIpc) is 2.67. The molecule has 130 valence electrons. The first-order chi connectivity index (χ1) is 12.6. The molecule has 2 heterocycles. The van der Waals surface area contributed by atoms with Gasteiger partial charge in [0.2, 0.25) is 0 Å². The summed E-state index contributed by atoms with van der Waals surface area (Å²) in [7, 11) is 2.99. The molecule has 4 rings (SSSR count). The minimum atomic E-state index is -0.229. The Hall–Kier alpha value is -3.54. The van der Waals surface area contributed by atoms with Crippen molar-refractivity contribution in [3.05, 3.63) is 69.4 Å². The van der Waals surface area contributed by atoms with Crippen LogP contribution in [0.25, 0.3) is 33.1 Å². The molecule has 2 aromatic carbocycles. The molecule has 2 aromatic heterocycles. The third-order valence-corrected chi connectivity index (χ3v) is 4.24. The Balaban J connectivity index is 2.14. The molecule has 26 heavy (non-hydrogen) atoms. The monoisotopic (exact) mass is 350 g/mol. The van der Waals surface area contributed by atoms with Gasteiger partial charge >= 0.3 is 0 Å². The first kappa shape index (κ1) is 16.0. The number of fused-ring (bicyclic) bond motifs is 2. The minimum absolute atomic E-state index is 0.161. The highest BCUT2D eigenvalue weighted by molar-refractivity contribution is 5.97. The molecule has 0 saturated heterocycles. The van der Waals surface area contributed by atoms with E-state index >= 15 is 0 Å². The first-order valence-electron chi connectivity index (χ1n) is 7.82. The van der Waals surface area contributed by atoms with E-state index < -0.39 is 0 Å². The topological polar surface area (TPSA) is 78.9 Å². The molecule has 0 radical (unpaired) electrons. The third-order valence-electron chi connectivity index (χ3n) is 4.24. The highest BCUT2D eigenvalue weighted by Crippen LogP contribution is 2.43. The summed E-state index contributed by atoms with van der Waals surface area (Å²) in [6, 6.07) is 9.49. The first-order valence-corrected chi connectivity index (χ1v) is 7.82. The van der Waals surface area contributed by atoms with Gasteiger partial charge in [-0.3, -0.25) is 9.59 Å². The summed E-state index contributed by atoms with van der Waals surface area (Å²) in [4.78, 5) is 24.5. The number of hydrogen-bond donors (Lipinski definition) is 0. The lowest BCUT2D eigenvalue weighted by atomic mass is 9.99. The van der Waals surface area contributed by atoms with Crippen molar-refractivity contribution in [3.63, 3.8) is 0 Å². The van der Waals surface area contributed by atoms with Crippen LogP contribution in [0.5, 0.6) is 11.5 Å². The van der Waals surface area contributed by atoms with Crippen LogP contribution in [0.15, 0.2) is 67.3 Å². The van der Waals surface area contributed by atoms with Crippen LogP contribution < -0.4 is 20.3 Å². The van der Waals surface area contributed by atoms with Crippen molar-refractivity contribution < 1.29 is 18.3 Å². The summed E-state index contributed by atoms with van der Waals surface area (Å²) in [5.41, 5.74) is 1.66. The predicted octanol–water partition coefficient (Wildman–Crippen LogP) is 3.58. The maximum Gasteiger partial charge on any atom is 0.196 e. The molecule has 0 aliphatic rings. The maximum absolute atomic E-state index is 12.4. The van der Waals surface area contributed by atoms with Crippen LogP contribution in [0.1, 0.15) is 0 Å². The fourth-order valence-corrected chi connectivity index (χ4v) is 3.07. The highest BCUT2D eigenvalue weighted by Gasteiger charge is 2.20. The third kappa shape index (κ3) is 2.35. The van der Waals surface area contributed by atoms with Crippen molar-refractivity contribution in [2.24, 2.45) is 0 Å². The van der Waals surface area contributed by atoms with Gasteiger partial charge in [0.05, 0.1) is 37.7 Å². The fourth-order valence-electron chi connectivity index (χ4n) is 3.07. The zero-order valence-corrected chi connectivity index (χ0v) is 14.1. The van der Waals surface area contributed by atoms with Crippen molar-refractivity contribution in [1.29, 1.82) is 0 Å². The van der Waals surface area contributed by atoms with Crippen LogP contribution in [-0.4, -0.2) is 14.2 Å². The molecular formula is C20H14O6. The van der Waals surface area contributed by atoms with E-state index in [-0.39, 0.29) is 10.9 Å². The second-order valence-electron chi connectivity index (χ2n) is 5.64. The van der Waals surface area contributed by atoms with Gasteiger partial charge in [-0.2, -0.15) is 0 Å². The smallest absolute Gasteiger partial charge is 0.196 e. The van der Waals surface area contributed by atoms with E-state index in [4.69, 9.17) is 18.3 Å². The Morgan fingerprint density at radius 1 is 0.808 bits per heavy atom. The summed E-state index contributed by atoms with van der Waals surface area (Å²) >= 11 is 0. The van der Waals surface area contributed by atoms with Crippen molar-refractivity contribution in [2.75, 3.05) is 14.2 Å². The van der Waals surface area contributed by atoms with Crippen LogP contribution in [0.4, 0.5) is 0 Å². The molecule has 0 aliphatic heterocycles. The van der Waals surface area contributed by atoms with Crippen molar-refractivity contribution in [3.8, 4) is 22.6 Å². The van der Waals surface area contributed by atoms with E-state index in [0.717, 1.165) is 0 Å². The van der Waals surface area contributed by atoms with Gasteiger partial charge in [-0.05, 0) is 17.7 Å². The molecule has 0 atom stereocenters. The van der Waals surface area contributed by atoms with E-state index in [0.29, 0.717) is 44.6 Å². The highest BCUT2D eigenvalue weighted by atomic mass is 16.5. The lowest BCUT2D eigenvalue weighted by molar-refractivity contribution is 0.399. The van der Waals surface area contributed by atoms with Crippen LogP contribution in [0.3, 0.4) is 0 Å². The van der Waals surface area contributed by atoms with Gasteiger partial charge in [-0.1, -0.05) is 6.07 Å². The molecule has 0 saturated carbocycles. The SMILES string of the molecule is COc1cc2occc(=O)c2c(OC)c1-c1ccc2occc(=O)c2c1. The predicted molar refractivity (Wildman–Crippen MR) is 97.1 cm³/mol. The quantitative estimate of drug-likeness (QED) is 0.562. The number of methoxy groups -OCH3 is 2. The van der Waals surface area contributed by atoms with Crippen LogP contribution in [0, 0.1) is 0 Å². The summed E-state index contributed by atoms with van der Waals surface area (Å²) in [5, 5.41) is 0.736. The molecule has 0 unspecified atom stereocenters. The Labute approximate surface area is 147 Å². The molecule has 4 aromatic rings. The Morgan fingerprint density at radius 3 is 2.27 bits per heavy atom. The lowest BCUT2D eigenvalue weighted by Gasteiger charge is -2.15. The van der Waals surface area contributed by atoms with Crippen molar-refractivity contribution in [1.82, 2.24) is 0 Å². The van der Waals surface area contributed by atoms with E-state index in [2.05, 4.69) is 0 Å². The molecule has 0 amide bonds. The number of rotatable bonds is 3. The summed E-state index contributed by atoms with van der Waals surface area (Å²) in [6.07, 6.45) is 2.68. The second-order valence-corrected chi connectivity index (χ2v) is 5.64. The molecule has 0 fully saturated rings. The van der Waals surface area contributed by atoms with Gasteiger partial charge in [0.1, 0.15) is 28.1 Å². The lowest BCUT2D eigenvalue weighted by Crippen LogP contribution is -2.04. The maximum atomic E-state index is 12.4. The molecule has 6 heteroatoms. The molecule has 0 bridgehead atoms. The van der Waals surface area contributed by atoms with Gasteiger partial charge in [0, 0.05) is 18.2 Å². The number of hydrogen-bond acceptors (Lipinski definition) is 6. The van der Waals surface area contributed by atoms with Crippen LogP contribution in [-0.2, 0) is 0 Å². The molecular weight excluding hydrogens is 336 g/mol. The number of ether oxygens (including phenoxy) is 2. The van der Waals surface area contributed by atoms with Gasteiger partial charge in [-0.15, -0.1) is 0 Å². The van der Waals surface area contributed by atoms with Gasteiger partial charge < -0.3 is 18.3 Å². The molecule has 6 nitrogen and oxygen atoms in total. The largest absolute Gasteiger partial charge is 0.496 e. The molecule has 0 aliphatic carbocycles. The Bertz CT molecular complexity index is 1250. The Kier molecular flexibility index (Phi) is 3.73. The van der Waals surface area contributed by atoms with Gasteiger partial charge in [-0.25, -0.2) is 0 Å². The van der Waals surface area contributed by atoms with Crippen LogP contribution >= 0.6 is 0 Å². The second kappa shape index (κ2) is 6.07. The average molecular weight is 350 g/mol. The zero-order chi connectivity index (χ0) is 18.3. The van der Waals surface area contributed by atoms with E-state index in [1.165, 1.54) is 38.9 Å². The summed E-state index contributed by atoms with van der Waals surface area (Å²) in [5.74, 6) is 0.789. The molecule has 0 N–H and O–H groups in total.